The van der Waals surface area contributed by atoms with Gasteiger partial charge in [-0.25, -0.2) is 0 Å². The zero-order chi connectivity index (χ0) is 22.5. The largest absolute Gasteiger partial charge is 0.326 e. The molecule has 0 bridgehead atoms. The minimum Gasteiger partial charge on any atom is -0.326 e. The van der Waals surface area contributed by atoms with Crippen LogP contribution < -0.4 is 10.6 Å². The van der Waals surface area contributed by atoms with Crippen LogP contribution >= 0.6 is 11.8 Å². The van der Waals surface area contributed by atoms with E-state index in [2.05, 4.69) is 26.9 Å². The highest BCUT2D eigenvalue weighted by molar-refractivity contribution is 7.99. The molecule has 0 spiro atoms. The number of amides is 2. The zero-order valence-corrected chi connectivity index (χ0v) is 19.3. The van der Waals surface area contributed by atoms with Gasteiger partial charge in [0.25, 0.3) is 0 Å². The Hall–Kier alpha value is -3.13. The Morgan fingerprint density at radius 3 is 2.23 bits per heavy atom. The average molecular weight is 438 g/mol. The SMILES string of the molecule is Cc1cc(C)cc(NC(=O)CSc2nnc(CC(=O)Nc3ccc(C)c(C)c3)n2C)c1. The molecule has 31 heavy (non-hydrogen) atoms. The Labute approximate surface area is 186 Å². The summed E-state index contributed by atoms with van der Waals surface area (Å²) in [4.78, 5) is 24.7. The first-order chi connectivity index (χ1) is 14.7. The van der Waals surface area contributed by atoms with E-state index in [1.54, 1.807) is 11.6 Å². The number of aromatic nitrogens is 3. The number of benzene rings is 2. The zero-order valence-electron chi connectivity index (χ0n) is 18.4. The van der Waals surface area contributed by atoms with Gasteiger partial charge in [-0.3, -0.25) is 9.59 Å². The number of rotatable bonds is 7. The second-order valence-electron chi connectivity index (χ2n) is 7.70. The van der Waals surface area contributed by atoms with Gasteiger partial charge in [0.1, 0.15) is 5.82 Å². The summed E-state index contributed by atoms with van der Waals surface area (Å²) in [5.41, 5.74) is 6.03. The lowest BCUT2D eigenvalue weighted by molar-refractivity contribution is -0.116. The summed E-state index contributed by atoms with van der Waals surface area (Å²) in [5, 5.41) is 14.6. The van der Waals surface area contributed by atoms with Crippen LogP contribution in [0.1, 0.15) is 28.1 Å². The Morgan fingerprint density at radius 1 is 0.871 bits per heavy atom. The lowest BCUT2D eigenvalue weighted by Gasteiger charge is -2.08. The Bertz CT molecular complexity index is 1100. The number of nitrogens with one attached hydrogen (secondary N) is 2. The maximum absolute atomic E-state index is 12.4. The lowest BCUT2D eigenvalue weighted by Crippen LogP contribution is -2.17. The highest BCUT2D eigenvalue weighted by atomic mass is 32.2. The standard InChI is InChI=1S/C23H27N5O2S/c1-14-8-15(2)10-19(9-14)25-22(30)13-31-23-27-26-20(28(23)5)12-21(29)24-18-7-6-16(3)17(4)11-18/h6-11H,12-13H2,1-5H3,(H,24,29)(H,25,30). The predicted octanol–water partition coefficient (Wildman–Crippen LogP) is 3.96. The third-order valence-corrected chi connectivity index (χ3v) is 5.89. The van der Waals surface area contributed by atoms with Gasteiger partial charge in [-0.2, -0.15) is 0 Å². The first-order valence-electron chi connectivity index (χ1n) is 9.97. The van der Waals surface area contributed by atoms with E-state index in [-0.39, 0.29) is 24.0 Å². The van der Waals surface area contributed by atoms with Crippen molar-refractivity contribution in [3.63, 3.8) is 0 Å². The van der Waals surface area contributed by atoms with Crippen molar-refractivity contribution in [3.05, 3.63) is 64.5 Å². The summed E-state index contributed by atoms with van der Waals surface area (Å²) >= 11 is 1.28. The van der Waals surface area contributed by atoms with Crippen LogP contribution in [0.25, 0.3) is 0 Å². The molecule has 1 heterocycles. The molecule has 0 unspecified atom stereocenters. The molecule has 0 saturated carbocycles. The Kier molecular flexibility index (Phi) is 7.12. The maximum Gasteiger partial charge on any atom is 0.234 e. The molecule has 3 rings (SSSR count). The van der Waals surface area contributed by atoms with Crippen molar-refractivity contribution in [2.45, 2.75) is 39.3 Å². The topological polar surface area (TPSA) is 88.9 Å². The second-order valence-corrected chi connectivity index (χ2v) is 8.64. The number of hydrogen-bond acceptors (Lipinski definition) is 5. The Morgan fingerprint density at radius 2 is 1.55 bits per heavy atom. The van der Waals surface area contributed by atoms with Crippen molar-refractivity contribution in [2.75, 3.05) is 16.4 Å². The number of carbonyl (C=O) groups excluding carboxylic acids is 2. The second kappa shape index (κ2) is 9.78. The molecule has 162 valence electrons. The van der Waals surface area contributed by atoms with E-state index >= 15 is 0 Å². The number of hydrogen-bond donors (Lipinski definition) is 2. The number of carbonyl (C=O) groups is 2. The number of aryl methyl sites for hydroxylation is 4. The summed E-state index contributed by atoms with van der Waals surface area (Å²) in [6.07, 6.45) is 0.103. The fourth-order valence-electron chi connectivity index (χ4n) is 3.17. The van der Waals surface area contributed by atoms with Crippen molar-refractivity contribution in [1.29, 1.82) is 0 Å². The molecular formula is C23H27N5O2S. The van der Waals surface area contributed by atoms with Crippen LogP contribution in [0, 0.1) is 27.7 Å². The normalized spacial score (nSPS) is 10.7. The van der Waals surface area contributed by atoms with Gasteiger partial charge >= 0.3 is 0 Å². The van der Waals surface area contributed by atoms with Crippen LogP contribution in [-0.2, 0) is 23.1 Å². The van der Waals surface area contributed by atoms with Gasteiger partial charge < -0.3 is 15.2 Å². The smallest absolute Gasteiger partial charge is 0.234 e. The fourth-order valence-corrected chi connectivity index (χ4v) is 3.90. The quantitative estimate of drug-likeness (QED) is 0.546. The average Bonchev–Trinajstić information content (AvgIpc) is 3.02. The minimum absolute atomic E-state index is 0.103. The molecule has 2 N–H and O–H groups in total. The van der Waals surface area contributed by atoms with E-state index in [4.69, 9.17) is 0 Å². The molecule has 0 radical (unpaired) electrons. The van der Waals surface area contributed by atoms with Crippen LogP contribution in [0.3, 0.4) is 0 Å². The molecule has 0 atom stereocenters. The predicted molar refractivity (Wildman–Crippen MR) is 125 cm³/mol. The van der Waals surface area contributed by atoms with Gasteiger partial charge in [0.2, 0.25) is 11.8 Å². The summed E-state index contributed by atoms with van der Waals surface area (Å²) < 4.78 is 1.74. The van der Waals surface area contributed by atoms with E-state index in [0.29, 0.717) is 11.0 Å². The van der Waals surface area contributed by atoms with Crippen LogP contribution in [0.15, 0.2) is 41.6 Å². The van der Waals surface area contributed by atoms with Gasteiger partial charge in [-0.1, -0.05) is 23.9 Å². The molecule has 3 aromatic rings. The third kappa shape index (κ3) is 6.18. The summed E-state index contributed by atoms with van der Waals surface area (Å²) in [5.74, 6) is 0.460. The van der Waals surface area contributed by atoms with Crippen molar-refractivity contribution < 1.29 is 9.59 Å². The third-order valence-electron chi connectivity index (χ3n) is 4.87. The van der Waals surface area contributed by atoms with Crippen molar-refractivity contribution in [1.82, 2.24) is 14.8 Å². The number of nitrogens with zero attached hydrogens (tertiary/aromatic N) is 3. The summed E-state index contributed by atoms with van der Waals surface area (Å²) in [7, 11) is 1.79. The van der Waals surface area contributed by atoms with E-state index < -0.39 is 0 Å². The van der Waals surface area contributed by atoms with Crippen LogP contribution in [0.5, 0.6) is 0 Å². The van der Waals surface area contributed by atoms with Gasteiger partial charge in [0.15, 0.2) is 5.16 Å². The van der Waals surface area contributed by atoms with E-state index in [9.17, 15) is 9.59 Å². The molecule has 8 heteroatoms. The van der Waals surface area contributed by atoms with Gasteiger partial charge in [-0.15, -0.1) is 10.2 Å². The van der Waals surface area contributed by atoms with E-state index in [1.165, 1.54) is 17.3 Å². The first-order valence-corrected chi connectivity index (χ1v) is 11.0. The molecule has 2 amide bonds. The Balaban J connectivity index is 1.55. The van der Waals surface area contributed by atoms with Crippen LogP contribution in [0.2, 0.25) is 0 Å². The molecule has 7 nitrogen and oxygen atoms in total. The first kappa shape index (κ1) is 22.6. The van der Waals surface area contributed by atoms with E-state index in [0.717, 1.165) is 28.1 Å². The van der Waals surface area contributed by atoms with Crippen molar-refractivity contribution in [2.24, 2.45) is 7.05 Å². The molecule has 0 aliphatic heterocycles. The molecule has 0 saturated heterocycles. The highest BCUT2D eigenvalue weighted by Gasteiger charge is 2.15. The molecule has 1 aromatic heterocycles. The molecule has 2 aromatic carbocycles. The number of anilines is 2. The minimum atomic E-state index is -0.164. The summed E-state index contributed by atoms with van der Waals surface area (Å²) in [6, 6.07) is 11.7. The van der Waals surface area contributed by atoms with Crippen LogP contribution in [0.4, 0.5) is 11.4 Å². The summed E-state index contributed by atoms with van der Waals surface area (Å²) in [6.45, 7) is 8.03. The van der Waals surface area contributed by atoms with Gasteiger partial charge in [0, 0.05) is 18.4 Å². The van der Waals surface area contributed by atoms with E-state index in [1.807, 2.05) is 58.0 Å². The van der Waals surface area contributed by atoms with Gasteiger partial charge in [0.05, 0.1) is 12.2 Å². The fraction of sp³-hybridized carbons (Fsp3) is 0.304. The number of thioether (sulfide) groups is 1. The van der Waals surface area contributed by atoms with Crippen LogP contribution in [-0.4, -0.2) is 32.3 Å². The highest BCUT2D eigenvalue weighted by Crippen LogP contribution is 2.19. The van der Waals surface area contributed by atoms with Crippen molar-refractivity contribution >= 4 is 35.0 Å². The monoisotopic (exact) mass is 437 g/mol. The maximum atomic E-state index is 12.4. The lowest BCUT2D eigenvalue weighted by atomic mass is 10.1. The molecule has 0 aliphatic rings. The van der Waals surface area contributed by atoms with Gasteiger partial charge in [-0.05, 0) is 74.2 Å². The molecule has 0 aliphatic carbocycles. The molecule has 0 fully saturated rings. The molecular weight excluding hydrogens is 410 g/mol. The van der Waals surface area contributed by atoms with Crippen molar-refractivity contribution in [3.8, 4) is 0 Å².